The van der Waals surface area contributed by atoms with E-state index in [1.54, 1.807) is 24.8 Å². The van der Waals surface area contributed by atoms with Crippen LogP contribution in [0.15, 0.2) is 53.0 Å². The molecule has 1 saturated heterocycles. The maximum Gasteiger partial charge on any atom is 0.229 e. The number of pyridine rings is 1. The van der Waals surface area contributed by atoms with Gasteiger partial charge in [-0.05, 0) is 62.2 Å². The minimum absolute atomic E-state index is 0.270. The van der Waals surface area contributed by atoms with Crippen LogP contribution in [0.2, 0.25) is 0 Å². The molecule has 4 aromatic rings. The van der Waals surface area contributed by atoms with Crippen LogP contribution >= 0.6 is 0 Å². The Kier molecular flexibility index (Phi) is 6.27. The van der Waals surface area contributed by atoms with Gasteiger partial charge in [0.05, 0.1) is 5.69 Å². The molecule has 9 nitrogen and oxygen atoms in total. The first-order valence-electron chi connectivity index (χ1n) is 12.8. The summed E-state index contributed by atoms with van der Waals surface area (Å²) in [6, 6.07) is 12.8. The van der Waals surface area contributed by atoms with Gasteiger partial charge in [-0.15, -0.1) is 0 Å². The van der Waals surface area contributed by atoms with E-state index in [1.165, 1.54) is 6.07 Å². The Hall–Kier alpha value is -3.57. The van der Waals surface area contributed by atoms with E-state index in [4.69, 9.17) is 4.98 Å². The molecule has 0 bridgehead atoms. The molecule has 1 aliphatic heterocycles. The van der Waals surface area contributed by atoms with E-state index in [1.807, 2.05) is 28.8 Å². The molecular weight excluding hydrogens is 503 g/mol. The molecule has 198 valence electrons. The van der Waals surface area contributed by atoms with Gasteiger partial charge in [-0.2, -0.15) is 9.35 Å². The highest BCUT2D eigenvalue weighted by molar-refractivity contribution is 7.92. The third-order valence-corrected chi connectivity index (χ3v) is 7.50. The van der Waals surface area contributed by atoms with Gasteiger partial charge in [0.1, 0.15) is 11.6 Å². The predicted molar refractivity (Wildman–Crippen MR) is 150 cm³/mol. The number of piperazine rings is 1. The third kappa shape index (κ3) is 5.21. The predicted octanol–water partition coefficient (Wildman–Crippen LogP) is 4.69. The maximum atomic E-state index is 15.0. The van der Waals surface area contributed by atoms with Crippen molar-refractivity contribution >= 4 is 43.9 Å². The smallest absolute Gasteiger partial charge is 0.229 e. The molecule has 0 amide bonds. The Morgan fingerprint density at radius 2 is 1.84 bits per heavy atom. The second kappa shape index (κ2) is 9.63. The van der Waals surface area contributed by atoms with Crippen molar-refractivity contribution in [1.29, 1.82) is 0 Å². The number of benzene rings is 1. The highest BCUT2D eigenvalue weighted by atomic mass is 32.2. The van der Waals surface area contributed by atoms with Crippen molar-refractivity contribution in [3.8, 4) is 5.82 Å². The van der Waals surface area contributed by atoms with Gasteiger partial charge in [0.25, 0.3) is 0 Å². The number of hydrogen-bond donors (Lipinski definition) is 1. The molecule has 6 rings (SSSR count). The minimum Gasteiger partial charge on any atom is -0.367 e. The number of nitrogens with zero attached hydrogens (tertiary/aromatic N) is 7. The average Bonchev–Trinajstić information content (AvgIpc) is 3.64. The van der Waals surface area contributed by atoms with Gasteiger partial charge >= 0.3 is 0 Å². The van der Waals surface area contributed by atoms with Crippen molar-refractivity contribution in [2.24, 2.45) is 4.36 Å². The van der Waals surface area contributed by atoms with E-state index in [-0.39, 0.29) is 5.82 Å². The molecule has 11 heteroatoms. The molecule has 2 aliphatic rings. The Labute approximate surface area is 221 Å². The van der Waals surface area contributed by atoms with Crippen molar-refractivity contribution in [2.75, 3.05) is 56.0 Å². The summed E-state index contributed by atoms with van der Waals surface area (Å²) in [5.41, 5.74) is 3.02. The fourth-order valence-corrected chi connectivity index (χ4v) is 5.37. The number of nitrogens with one attached hydrogen (secondary N) is 1. The molecule has 0 atom stereocenters. The standard InChI is InChI=1S/C27H31FN8OS/c1-34-11-13-35(14-12-34)22-10-9-20(16-21(22)28)30-27-29-17-19-15-23(18-7-8-18)36(26(19)32-27)25-6-4-5-24(31-25)33-38(2,3)37/h4-6,9-10,15-18H,7-8,11-14H2,1-3H3,(H,29,30,32). The summed E-state index contributed by atoms with van der Waals surface area (Å²) in [7, 11) is -0.264. The molecule has 38 heavy (non-hydrogen) atoms. The van der Waals surface area contributed by atoms with Crippen molar-refractivity contribution in [2.45, 2.75) is 18.8 Å². The van der Waals surface area contributed by atoms with Crippen molar-refractivity contribution in [1.82, 2.24) is 24.4 Å². The SMILES string of the molecule is CN1CCN(c2ccc(Nc3ncc4cc(C5CC5)n(-c5cccc(N=S(C)(C)=O)n5)c4n3)cc2F)CC1. The fraction of sp³-hybridized carbons (Fsp3) is 0.370. The molecule has 1 aromatic carbocycles. The van der Waals surface area contributed by atoms with Crippen LogP contribution in [0.3, 0.4) is 0 Å². The van der Waals surface area contributed by atoms with Crippen molar-refractivity contribution < 1.29 is 8.60 Å². The Bertz CT molecular complexity index is 1620. The van der Waals surface area contributed by atoms with Crippen LogP contribution in [0, 0.1) is 5.82 Å². The van der Waals surface area contributed by atoms with E-state index in [0.717, 1.165) is 50.1 Å². The summed E-state index contributed by atoms with van der Waals surface area (Å²) in [5, 5.41) is 4.07. The highest BCUT2D eigenvalue weighted by Gasteiger charge is 2.29. The zero-order valence-electron chi connectivity index (χ0n) is 21.8. The lowest BCUT2D eigenvalue weighted by atomic mass is 10.2. The number of rotatable bonds is 6. The molecule has 1 N–H and O–H groups in total. The average molecular weight is 535 g/mol. The zero-order valence-corrected chi connectivity index (χ0v) is 22.6. The van der Waals surface area contributed by atoms with E-state index in [2.05, 4.69) is 42.6 Å². The van der Waals surface area contributed by atoms with E-state index in [9.17, 15) is 4.21 Å². The first-order chi connectivity index (χ1) is 18.2. The van der Waals surface area contributed by atoms with Gasteiger partial charge in [0.2, 0.25) is 5.95 Å². The van der Waals surface area contributed by atoms with Gasteiger partial charge in [-0.3, -0.25) is 4.57 Å². The Morgan fingerprint density at radius 1 is 1.05 bits per heavy atom. The van der Waals surface area contributed by atoms with Crippen LogP contribution in [0.4, 0.5) is 27.5 Å². The number of fused-ring (bicyclic) bond motifs is 1. The molecule has 1 aliphatic carbocycles. The maximum absolute atomic E-state index is 15.0. The fourth-order valence-electron chi connectivity index (χ4n) is 4.82. The van der Waals surface area contributed by atoms with Crippen molar-refractivity contribution in [3.63, 3.8) is 0 Å². The monoisotopic (exact) mass is 534 g/mol. The highest BCUT2D eigenvalue weighted by Crippen LogP contribution is 2.43. The van der Waals surface area contributed by atoms with Crippen LogP contribution in [-0.4, -0.2) is 74.4 Å². The first-order valence-corrected chi connectivity index (χ1v) is 15.1. The number of hydrogen-bond acceptors (Lipinski definition) is 8. The molecule has 0 radical (unpaired) electrons. The summed E-state index contributed by atoms with van der Waals surface area (Å²) in [5.74, 6) is 1.62. The second-order valence-corrected chi connectivity index (χ2v) is 12.9. The summed E-state index contributed by atoms with van der Waals surface area (Å²) < 4.78 is 33.6. The zero-order chi connectivity index (χ0) is 26.4. The van der Waals surface area contributed by atoms with E-state index in [0.29, 0.717) is 40.5 Å². The third-order valence-electron chi connectivity index (χ3n) is 6.87. The number of halogens is 1. The largest absolute Gasteiger partial charge is 0.367 e. The summed E-state index contributed by atoms with van der Waals surface area (Å²) >= 11 is 0. The molecule has 3 aromatic heterocycles. The van der Waals surface area contributed by atoms with Gasteiger partial charge in [0.15, 0.2) is 11.5 Å². The first kappa shape index (κ1) is 24.7. The topological polar surface area (TPSA) is 91.5 Å². The molecule has 4 heterocycles. The van der Waals surface area contributed by atoms with Crippen LogP contribution in [0.25, 0.3) is 16.9 Å². The number of aromatic nitrogens is 4. The summed E-state index contributed by atoms with van der Waals surface area (Å²) in [6.45, 7) is 3.43. The van der Waals surface area contributed by atoms with Crippen LogP contribution in [0.5, 0.6) is 0 Å². The van der Waals surface area contributed by atoms with E-state index >= 15 is 4.39 Å². The van der Waals surface area contributed by atoms with Gasteiger partial charge in [-0.1, -0.05) is 6.07 Å². The van der Waals surface area contributed by atoms with Gasteiger partial charge < -0.3 is 15.1 Å². The minimum atomic E-state index is -2.35. The Morgan fingerprint density at radius 3 is 2.55 bits per heavy atom. The molecule has 2 fully saturated rings. The lowest BCUT2D eigenvalue weighted by Gasteiger charge is -2.34. The van der Waals surface area contributed by atoms with Crippen LogP contribution in [0.1, 0.15) is 24.5 Å². The molecule has 0 unspecified atom stereocenters. The lowest BCUT2D eigenvalue weighted by molar-refractivity contribution is 0.311. The number of likely N-dealkylation sites (N-methyl/N-ethyl adjacent to an activating group) is 1. The van der Waals surface area contributed by atoms with Crippen molar-refractivity contribution in [3.05, 3.63) is 60.2 Å². The van der Waals surface area contributed by atoms with Crippen LogP contribution < -0.4 is 10.2 Å². The van der Waals surface area contributed by atoms with Gasteiger partial charge in [-0.25, -0.2) is 18.6 Å². The normalized spacial score (nSPS) is 16.7. The quantitative estimate of drug-likeness (QED) is 0.384. The second-order valence-electron chi connectivity index (χ2n) is 10.4. The number of anilines is 3. The van der Waals surface area contributed by atoms with Gasteiger partial charge in [0, 0.05) is 71.4 Å². The lowest BCUT2D eigenvalue weighted by Crippen LogP contribution is -2.44. The molecule has 1 saturated carbocycles. The molecular formula is C27H31FN8OS. The summed E-state index contributed by atoms with van der Waals surface area (Å²) in [6.07, 6.45) is 7.17. The molecule has 0 spiro atoms. The van der Waals surface area contributed by atoms with Crippen LogP contribution in [-0.2, 0) is 9.73 Å². The Balaban J connectivity index is 1.34. The van der Waals surface area contributed by atoms with E-state index < -0.39 is 9.73 Å². The summed E-state index contributed by atoms with van der Waals surface area (Å²) in [4.78, 5) is 18.3.